The van der Waals surface area contributed by atoms with Crippen LogP contribution in [0.2, 0.25) is 0 Å². The van der Waals surface area contributed by atoms with Gasteiger partial charge in [0.1, 0.15) is 0 Å². The Hall–Kier alpha value is -3.19. The highest BCUT2D eigenvalue weighted by atomic mass is 16.5. The highest BCUT2D eigenvalue weighted by Gasteiger charge is 2.27. The first-order valence-electron chi connectivity index (χ1n) is 10.5. The van der Waals surface area contributed by atoms with Crippen LogP contribution in [0.5, 0.6) is 0 Å². The molecule has 0 aliphatic carbocycles. The number of fused-ring (bicyclic) bond motifs is 1. The summed E-state index contributed by atoms with van der Waals surface area (Å²) in [5.74, 6) is 0.682. The third-order valence-corrected chi connectivity index (χ3v) is 5.75. The minimum Gasteiger partial charge on any atom is -0.381 e. The Labute approximate surface area is 175 Å². The number of rotatable bonds is 5. The fraction of sp³-hybridized carbons (Fsp3) is 0.348. The first-order chi connectivity index (χ1) is 14.8. The van der Waals surface area contributed by atoms with Gasteiger partial charge in [-0.25, -0.2) is 9.97 Å². The first kappa shape index (κ1) is 18.8. The smallest absolute Gasteiger partial charge is 0.256 e. The summed E-state index contributed by atoms with van der Waals surface area (Å²) >= 11 is 0. The minimum absolute atomic E-state index is 0.0669. The highest BCUT2D eigenvalue weighted by Crippen LogP contribution is 2.26. The van der Waals surface area contributed by atoms with E-state index in [1.807, 2.05) is 35.2 Å². The molecule has 1 saturated heterocycles. The number of carbonyl (C=O) groups is 1. The van der Waals surface area contributed by atoms with Crippen molar-refractivity contribution >= 4 is 11.9 Å². The second-order valence-corrected chi connectivity index (χ2v) is 7.83. The largest absolute Gasteiger partial charge is 0.381 e. The summed E-state index contributed by atoms with van der Waals surface area (Å²) < 4.78 is 5.41. The Kier molecular flexibility index (Phi) is 5.19. The van der Waals surface area contributed by atoms with E-state index in [2.05, 4.69) is 32.4 Å². The Morgan fingerprint density at radius 1 is 1.17 bits per heavy atom. The molecular formula is C23H25N5O2. The number of aromatic amines is 1. The van der Waals surface area contributed by atoms with Crippen LogP contribution in [0.4, 0.5) is 5.95 Å². The van der Waals surface area contributed by atoms with Gasteiger partial charge in [0, 0.05) is 50.7 Å². The topological polar surface area (TPSA) is 83.1 Å². The summed E-state index contributed by atoms with van der Waals surface area (Å²) in [5.41, 5.74) is 4.51. The highest BCUT2D eigenvalue weighted by molar-refractivity contribution is 5.97. The molecule has 2 aliphatic heterocycles. The number of hydrogen-bond donors (Lipinski definition) is 2. The van der Waals surface area contributed by atoms with Crippen molar-refractivity contribution in [2.24, 2.45) is 0 Å². The quantitative estimate of drug-likeness (QED) is 0.683. The van der Waals surface area contributed by atoms with Crippen LogP contribution in [0, 0.1) is 0 Å². The summed E-state index contributed by atoms with van der Waals surface area (Å²) in [7, 11) is 0. The van der Waals surface area contributed by atoms with E-state index < -0.39 is 0 Å². The average Bonchev–Trinajstić information content (AvgIpc) is 3.23. The van der Waals surface area contributed by atoms with Gasteiger partial charge in [-0.15, -0.1) is 0 Å². The molecular weight excluding hydrogens is 378 g/mol. The molecule has 30 heavy (non-hydrogen) atoms. The molecule has 0 saturated carbocycles. The Bertz CT molecular complexity index is 1030. The zero-order chi connectivity index (χ0) is 20.3. The van der Waals surface area contributed by atoms with Gasteiger partial charge in [0.25, 0.3) is 5.91 Å². The third kappa shape index (κ3) is 3.93. The molecule has 0 atom stereocenters. The van der Waals surface area contributed by atoms with Crippen molar-refractivity contribution in [3.05, 3.63) is 65.5 Å². The van der Waals surface area contributed by atoms with Gasteiger partial charge in [0.2, 0.25) is 5.95 Å². The number of ether oxygens (including phenoxy) is 1. The van der Waals surface area contributed by atoms with Gasteiger partial charge in [0.05, 0.1) is 17.0 Å². The third-order valence-electron chi connectivity index (χ3n) is 5.75. The monoisotopic (exact) mass is 403 g/mol. The fourth-order valence-corrected chi connectivity index (χ4v) is 4.10. The van der Waals surface area contributed by atoms with E-state index in [0.717, 1.165) is 60.7 Å². The average molecular weight is 403 g/mol. The summed E-state index contributed by atoms with van der Waals surface area (Å²) in [6, 6.07) is 14.2. The van der Waals surface area contributed by atoms with E-state index >= 15 is 0 Å². The summed E-state index contributed by atoms with van der Waals surface area (Å²) in [6.45, 7) is 2.87. The second kappa shape index (κ2) is 8.28. The molecule has 7 nitrogen and oxygen atoms in total. The van der Waals surface area contributed by atoms with Crippen LogP contribution < -0.4 is 5.32 Å². The van der Waals surface area contributed by atoms with E-state index in [-0.39, 0.29) is 5.91 Å². The van der Waals surface area contributed by atoms with E-state index in [9.17, 15) is 4.79 Å². The number of nitrogens with zero attached hydrogens (tertiary/aromatic N) is 3. The van der Waals surface area contributed by atoms with Crippen LogP contribution in [0.25, 0.3) is 11.4 Å². The van der Waals surface area contributed by atoms with Crippen LogP contribution in [0.3, 0.4) is 0 Å². The zero-order valence-electron chi connectivity index (χ0n) is 16.8. The van der Waals surface area contributed by atoms with Crippen molar-refractivity contribution in [3.8, 4) is 11.4 Å². The molecule has 2 aliphatic rings. The van der Waals surface area contributed by atoms with Crippen LogP contribution >= 0.6 is 0 Å². The molecule has 3 aromatic rings. The predicted molar refractivity (Wildman–Crippen MR) is 114 cm³/mol. The van der Waals surface area contributed by atoms with E-state index in [4.69, 9.17) is 4.74 Å². The Morgan fingerprint density at radius 2 is 2.00 bits per heavy atom. The number of H-pyrrole nitrogens is 1. The minimum atomic E-state index is 0.0669. The van der Waals surface area contributed by atoms with E-state index in [1.165, 1.54) is 0 Å². The first-order valence-corrected chi connectivity index (χ1v) is 10.5. The molecule has 1 fully saturated rings. The van der Waals surface area contributed by atoms with Crippen molar-refractivity contribution in [3.63, 3.8) is 0 Å². The van der Waals surface area contributed by atoms with Gasteiger partial charge < -0.3 is 19.9 Å². The maximum atomic E-state index is 13.0. The molecule has 4 heterocycles. The molecule has 5 rings (SSSR count). The van der Waals surface area contributed by atoms with Crippen LogP contribution in [0.15, 0.2) is 48.7 Å². The van der Waals surface area contributed by atoms with E-state index in [1.54, 1.807) is 6.20 Å². The molecule has 0 radical (unpaired) electrons. The molecule has 1 amide bonds. The molecule has 0 spiro atoms. The Morgan fingerprint density at radius 3 is 2.83 bits per heavy atom. The lowest BCUT2D eigenvalue weighted by atomic mass is 10.1. The molecule has 7 heteroatoms. The molecule has 0 unspecified atom stereocenters. The lowest BCUT2D eigenvalue weighted by Crippen LogP contribution is -2.36. The standard InChI is InChI=1S/C23H25N5O2/c29-22-18-14-21(20-6-10-24-23(27-20)25-17-8-12-30-13-9-17)26-19(18)7-11-28(22)15-16-4-2-1-3-5-16/h1-6,10,14,17,26H,7-9,11-13,15H2,(H,24,25,27). The lowest BCUT2D eigenvalue weighted by molar-refractivity contribution is 0.0726. The molecule has 154 valence electrons. The van der Waals surface area contributed by atoms with Gasteiger partial charge >= 0.3 is 0 Å². The van der Waals surface area contributed by atoms with Crippen LogP contribution in [-0.2, 0) is 17.7 Å². The fourth-order valence-electron chi connectivity index (χ4n) is 4.10. The van der Waals surface area contributed by atoms with Crippen molar-refractivity contribution < 1.29 is 9.53 Å². The van der Waals surface area contributed by atoms with Gasteiger partial charge in [-0.2, -0.15) is 0 Å². The van der Waals surface area contributed by atoms with Gasteiger partial charge in [0.15, 0.2) is 0 Å². The second-order valence-electron chi connectivity index (χ2n) is 7.83. The molecule has 1 aromatic carbocycles. The number of nitrogens with one attached hydrogen (secondary N) is 2. The molecule has 0 bridgehead atoms. The number of amides is 1. The van der Waals surface area contributed by atoms with Crippen molar-refractivity contribution in [1.82, 2.24) is 19.9 Å². The summed E-state index contributed by atoms with van der Waals surface area (Å²) in [6.07, 6.45) is 4.48. The number of carbonyl (C=O) groups excluding carboxylic acids is 1. The number of anilines is 1. The SMILES string of the molecule is O=C1c2cc(-c3ccnc(NC4CCOCC4)n3)[nH]c2CCN1Cc1ccccc1. The molecule has 2 N–H and O–H groups in total. The Balaban J connectivity index is 1.34. The van der Waals surface area contributed by atoms with Crippen LogP contribution in [0.1, 0.15) is 34.5 Å². The van der Waals surface area contributed by atoms with Crippen molar-refractivity contribution in [2.45, 2.75) is 31.8 Å². The van der Waals surface area contributed by atoms with E-state index in [0.29, 0.717) is 25.1 Å². The van der Waals surface area contributed by atoms with Gasteiger partial charge in [-0.1, -0.05) is 30.3 Å². The predicted octanol–water partition coefficient (Wildman–Crippen LogP) is 3.26. The van der Waals surface area contributed by atoms with Crippen LogP contribution in [-0.4, -0.2) is 51.6 Å². The summed E-state index contributed by atoms with van der Waals surface area (Å²) in [4.78, 5) is 27.4. The maximum Gasteiger partial charge on any atom is 0.256 e. The lowest BCUT2D eigenvalue weighted by Gasteiger charge is -2.26. The number of benzene rings is 1. The normalized spacial score (nSPS) is 17.1. The zero-order valence-corrected chi connectivity index (χ0v) is 16.8. The van der Waals surface area contributed by atoms with Crippen molar-refractivity contribution in [1.29, 1.82) is 0 Å². The van der Waals surface area contributed by atoms with Crippen molar-refractivity contribution in [2.75, 3.05) is 25.1 Å². The van der Waals surface area contributed by atoms with Gasteiger partial charge in [-0.05, 0) is 30.5 Å². The summed E-state index contributed by atoms with van der Waals surface area (Å²) in [5, 5.41) is 3.40. The van der Waals surface area contributed by atoms with Gasteiger partial charge in [-0.3, -0.25) is 4.79 Å². The molecule has 2 aromatic heterocycles. The maximum absolute atomic E-state index is 13.0. The number of hydrogen-bond acceptors (Lipinski definition) is 5. The number of aromatic nitrogens is 3.